The Kier molecular flexibility index (Phi) is 3.97. The summed E-state index contributed by atoms with van der Waals surface area (Å²) in [4.78, 5) is 10.2. The molecule has 7 heteroatoms. The van der Waals surface area contributed by atoms with Gasteiger partial charge in [0.1, 0.15) is 17.3 Å². The standard InChI is InChI=1S/C9H10FNO4S/c1-15-9(12)6-11-16(13,14)8-5-3-2-4-7(8)10/h2-5,11H,6H2,1H3. The molecule has 0 heterocycles. The van der Waals surface area contributed by atoms with Crippen molar-refractivity contribution in [2.45, 2.75) is 4.90 Å². The number of carbonyl (C=O) groups is 1. The quantitative estimate of drug-likeness (QED) is 0.775. The van der Waals surface area contributed by atoms with Crippen LogP contribution in [-0.4, -0.2) is 28.0 Å². The number of sulfonamides is 1. The molecule has 0 unspecified atom stereocenters. The molecule has 0 aliphatic carbocycles. The van der Waals surface area contributed by atoms with Crippen LogP contribution in [0.3, 0.4) is 0 Å². The van der Waals surface area contributed by atoms with Gasteiger partial charge in [-0.15, -0.1) is 0 Å². The Morgan fingerprint density at radius 1 is 1.44 bits per heavy atom. The molecule has 0 saturated heterocycles. The highest BCUT2D eigenvalue weighted by molar-refractivity contribution is 7.89. The number of ether oxygens (including phenoxy) is 1. The zero-order chi connectivity index (χ0) is 12.2. The summed E-state index contributed by atoms with van der Waals surface area (Å²) in [7, 11) is -2.90. The average Bonchev–Trinajstić information content (AvgIpc) is 2.26. The van der Waals surface area contributed by atoms with Crippen LogP contribution < -0.4 is 4.72 Å². The van der Waals surface area contributed by atoms with E-state index in [-0.39, 0.29) is 0 Å². The summed E-state index contributed by atoms with van der Waals surface area (Å²) in [5.41, 5.74) is 0. The number of halogens is 1. The van der Waals surface area contributed by atoms with Crippen molar-refractivity contribution in [1.29, 1.82) is 0 Å². The minimum Gasteiger partial charge on any atom is -0.468 e. The van der Waals surface area contributed by atoms with Gasteiger partial charge in [-0.1, -0.05) is 12.1 Å². The maximum absolute atomic E-state index is 13.2. The highest BCUT2D eigenvalue weighted by Gasteiger charge is 2.19. The van der Waals surface area contributed by atoms with E-state index in [0.717, 1.165) is 19.2 Å². The van der Waals surface area contributed by atoms with Gasteiger partial charge in [-0.05, 0) is 12.1 Å². The first kappa shape index (κ1) is 12.6. The minimum absolute atomic E-state index is 0.501. The van der Waals surface area contributed by atoms with Gasteiger partial charge in [-0.2, -0.15) is 4.72 Å². The van der Waals surface area contributed by atoms with Crippen LogP contribution in [0.15, 0.2) is 29.2 Å². The number of methoxy groups -OCH3 is 1. The predicted molar refractivity (Wildman–Crippen MR) is 53.6 cm³/mol. The van der Waals surface area contributed by atoms with E-state index >= 15 is 0 Å². The minimum atomic E-state index is -4.02. The summed E-state index contributed by atoms with van der Waals surface area (Å²) in [5.74, 6) is -1.63. The first-order valence-electron chi connectivity index (χ1n) is 4.28. The first-order valence-corrected chi connectivity index (χ1v) is 5.76. The van der Waals surface area contributed by atoms with E-state index in [1.807, 2.05) is 4.72 Å². The molecule has 16 heavy (non-hydrogen) atoms. The van der Waals surface area contributed by atoms with Gasteiger partial charge in [0.05, 0.1) is 7.11 Å². The number of nitrogens with one attached hydrogen (secondary N) is 1. The molecule has 1 aromatic carbocycles. The monoisotopic (exact) mass is 247 g/mol. The Balaban J connectivity index is 2.87. The fourth-order valence-corrected chi connectivity index (χ4v) is 2.01. The van der Waals surface area contributed by atoms with E-state index in [0.29, 0.717) is 0 Å². The molecule has 1 N–H and O–H groups in total. The summed E-state index contributed by atoms with van der Waals surface area (Å²) in [6, 6.07) is 4.88. The summed E-state index contributed by atoms with van der Waals surface area (Å²) in [6.45, 7) is -0.535. The van der Waals surface area contributed by atoms with Gasteiger partial charge in [0.15, 0.2) is 0 Å². The van der Waals surface area contributed by atoms with Crippen LogP contribution in [0.5, 0.6) is 0 Å². The van der Waals surface area contributed by atoms with Crippen LogP contribution in [-0.2, 0) is 19.6 Å². The lowest BCUT2D eigenvalue weighted by molar-refractivity contribution is -0.139. The van der Waals surface area contributed by atoms with Gasteiger partial charge >= 0.3 is 5.97 Å². The summed E-state index contributed by atoms with van der Waals surface area (Å²) in [5, 5.41) is 0. The van der Waals surface area contributed by atoms with Crippen molar-refractivity contribution in [3.8, 4) is 0 Å². The lowest BCUT2D eigenvalue weighted by atomic mass is 10.4. The van der Waals surface area contributed by atoms with E-state index in [1.165, 1.54) is 12.1 Å². The largest absolute Gasteiger partial charge is 0.468 e. The van der Waals surface area contributed by atoms with Crippen molar-refractivity contribution in [2.24, 2.45) is 0 Å². The molecule has 0 aliphatic heterocycles. The van der Waals surface area contributed by atoms with Gasteiger partial charge in [-0.3, -0.25) is 4.79 Å². The van der Waals surface area contributed by atoms with E-state index < -0.39 is 33.3 Å². The van der Waals surface area contributed by atoms with Gasteiger partial charge < -0.3 is 4.74 Å². The van der Waals surface area contributed by atoms with E-state index in [1.54, 1.807) is 0 Å². The van der Waals surface area contributed by atoms with Crippen LogP contribution in [0.1, 0.15) is 0 Å². The highest BCUT2D eigenvalue weighted by Crippen LogP contribution is 2.12. The fraction of sp³-hybridized carbons (Fsp3) is 0.222. The topological polar surface area (TPSA) is 72.5 Å². The third-order valence-electron chi connectivity index (χ3n) is 1.76. The Morgan fingerprint density at radius 3 is 2.62 bits per heavy atom. The Hall–Kier alpha value is -1.47. The Morgan fingerprint density at radius 2 is 2.06 bits per heavy atom. The first-order chi connectivity index (χ1) is 7.47. The summed E-state index contributed by atoms with van der Waals surface area (Å²) in [6.07, 6.45) is 0. The zero-order valence-corrected chi connectivity index (χ0v) is 9.25. The molecule has 0 amide bonds. The molecule has 0 radical (unpaired) electrons. The van der Waals surface area contributed by atoms with Crippen molar-refractivity contribution in [2.75, 3.05) is 13.7 Å². The maximum atomic E-state index is 13.2. The van der Waals surface area contributed by atoms with Gasteiger partial charge in [-0.25, -0.2) is 12.8 Å². The van der Waals surface area contributed by atoms with Crippen LogP contribution >= 0.6 is 0 Å². The number of benzene rings is 1. The van der Waals surface area contributed by atoms with Crippen LogP contribution in [0.2, 0.25) is 0 Å². The zero-order valence-electron chi connectivity index (χ0n) is 8.44. The maximum Gasteiger partial charge on any atom is 0.320 e. The molecule has 0 aliphatic rings. The lowest BCUT2D eigenvalue weighted by Gasteiger charge is -2.06. The number of carbonyl (C=O) groups excluding carboxylic acids is 1. The average molecular weight is 247 g/mol. The normalized spacial score (nSPS) is 11.1. The molecule has 0 spiro atoms. The van der Waals surface area contributed by atoms with Gasteiger partial charge in [0.25, 0.3) is 0 Å². The summed E-state index contributed by atoms with van der Waals surface area (Å²) < 4.78 is 42.4. The van der Waals surface area contributed by atoms with Crippen molar-refractivity contribution in [3.63, 3.8) is 0 Å². The van der Waals surface area contributed by atoms with Crippen LogP contribution in [0, 0.1) is 5.82 Å². The number of esters is 1. The molecule has 5 nitrogen and oxygen atoms in total. The smallest absolute Gasteiger partial charge is 0.320 e. The second-order valence-corrected chi connectivity index (χ2v) is 4.57. The molecule has 0 fully saturated rings. The van der Waals surface area contributed by atoms with Crippen molar-refractivity contribution < 1.29 is 22.3 Å². The third-order valence-corrected chi connectivity index (χ3v) is 3.19. The van der Waals surface area contributed by atoms with E-state index in [9.17, 15) is 17.6 Å². The van der Waals surface area contributed by atoms with E-state index in [4.69, 9.17) is 0 Å². The third kappa shape index (κ3) is 3.01. The number of hydrogen-bond acceptors (Lipinski definition) is 4. The molecule has 1 rings (SSSR count). The van der Waals surface area contributed by atoms with Crippen LogP contribution in [0.25, 0.3) is 0 Å². The van der Waals surface area contributed by atoms with E-state index in [2.05, 4.69) is 4.74 Å². The van der Waals surface area contributed by atoms with Crippen LogP contribution in [0.4, 0.5) is 4.39 Å². The fourth-order valence-electron chi connectivity index (χ4n) is 0.967. The molecule has 0 aromatic heterocycles. The lowest BCUT2D eigenvalue weighted by Crippen LogP contribution is -2.30. The van der Waals surface area contributed by atoms with Gasteiger partial charge in [0.2, 0.25) is 10.0 Å². The molecular weight excluding hydrogens is 237 g/mol. The molecule has 0 atom stereocenters. The Bertz CT molecular complexity index is 486. The van der Waals surface area contributed by atoms with Gasteiger partial charge in [0, 0.05) is 0 Å². The van der Waals surface area contributed by atoms with Crippen molar-refractivity contribution >= 4 is 16.0 Å². The van der Waals surface area contributed by atoms with Crippen molar-refractivity contribution in [1.82, 2.24) is 4.72 Å². The summed E-state index contributed by atoms with van der Waals surface area (Å²) >= 11 is 0. The molecule has 1 aromatic rings. The Labute approximate surface area is 92.3 Å². The highest BCUT2D eigenvalue weighted by atomic mass is 32.2. The number of hydrogen-bond donors (Lipinski definition) is 1. The second-order valence-electron chi connectivity index (χ2n) is 2.83. The predicted octanol–water partition coefficient (Wildman–Crippen LogP) is 0.277. The van der Waals surface area contributed by atoms with Crippen molar-refractivity contribution in [3.05, 3.63) is 30.1 Å². The number of rotatable bonds is 4. The second kappa shape index (κ2) is 5.04. The molecule has 0 saturated carbocycles. The molecule has 0 bridgehead atoms. The SMILES string of the molecule is COC(=O)CNS(=O)(=O)c1ccccc1F. The molecular formula is C9H10FNO4S. The molecule has 88 valence electrons.